The predicted octanol–water partition coefficient (Wildman–Crippen LogP) is 3.34. The molecule has 4 heteroatoms. The molecule has 0 amide bonds. The summed E-state index contributed by atoms with van der Waals surface area (Å²) in [6.07, 6.45) is 0. The van der Waals surface area contributed by atoms with E-state index in [-0.39, 0.29) is 11.6 Å². The molecule has 0 aliphatic heterocycles. The summed E-state index contributed by atoms with van der Waals surface area (Å²) in [5.41, 5.74) is 1.92. The van der Waals surface area contributed by atoms with Crippen molar-refractivity contribution >= 4 is 11.0 Å². The molecule has 0 saturated carbocycles. The second-order valence-corrected chi connectivity index (χ2v) is 3.72. The van der Waals surface area contributed by atoms with Gasteiger partial charge in [0.15, 0.2) is 5.58 Å². The Kier molecular flexibility index (Phi) is 2.08. The summed E-state index contributed by atoms with van der Waals surface area (Å²) in [6, 6.07) is 10.7. The maximum Gasteiger partial charge on any atom is 0.167 e. The molecule has 3 rings (SSSR count). The Morgan fingerprint density at radius 1 is 1.06 bits per heavy atom. The molecular formula is C13H8FNO2. The summed E-state index contributed by atoms with van der Waals surface area (Å²) in [6.45, 7) is 0. The van der Waals surface area contributed by atoms with Crippen molar-refractivity contribution in [3.05, 3.63) is 48.3 Å². The topological polar surface area (TPSA) is 46.3 Å². The van der Waals surface area contributed by atoms with Gasteiger partial charge in [0.1, 0.15) is 17.3 Å². The zero-order chi connectivity index (χ0) is 11.8. The minimum atomic E-state index is -0.301. The number of halogens is 1. The van der Waals surface area contributed by atoms with Crippen LogP contribution in [0, 0.1) is 5.82 Å². The molecule has 84 valence electrons. The third kappa shape index (κ3) is 1.63. The summed E-state index contributed by atoms with van der Waals surface area (Å²) in [4.78, 5) is 0. The van der Waals surface area contributed by atoms with Crippen LogP contribution in [0.2, 0.25) is 0 Å². The summed E-state index contributed by atoms with van der Waals surface area (Å²) < 4.78 is 18.0. The van der Waals surface area contributed by atoms with Crippen molar-refractivity contribution in [3.8, 4) is 17.0 Å². The Balaban J connectivity index is 2.23. The molecule has 0 radical (unpaired) electrons. The average Bonchev–Trinajstić information content (AvgIpc) is 2.73. The van der Waals surface area contributed by atoms with Gasteiger partial charge < -0.3 is 9.63 Å². The molecule has 3 aromatic rings. The van der Waals surface area contributed by atoms with E-state index in [9.17, 15) is 9.50 Å². The molecule has 0 spiro atoms. The average molecular weight is 229 g/mol. The van der Waals surface area contributed by atoms with Gasteiger partial charge in [0.05, 0.1) is 5.39 Å². The van der Waals surface area contributed by atoms with Crippen molar-refractivity contribution < 1.29 is 14.0 Å². The largest absolute Gasteiger partial charge is 0.508 e. The van der Waals surface area contributed by atoms with Crippen LogP contribution in [-0.2, 0) is 0 Å². The minimum Gasteiger partial charge on any atom is -0.508 e. The highest BCUT2D eigenvalue weighted by molar-refractivity contribution is 5.92. The first-order valence-electron chi connectivity index (χ1n) is 5.08. The number of hydrogen-bond acceptors (Lipinski definition) is 3. The Morgan fingerprint density at radius 3 is 2.59 bits per heavy atom. The lowest BCUT2D eigenvalue weighted by Crippen LogP contribution is -1.79. The van der Waals surface area contributed by atoms with E-state index in [1.807, 2.05) is 0 Å². The van der Waals surface area contributed by atoms with E-state index in [1.165, 1.54) is 18.2 Å². The molecule has 1 N–H and O–H groups in total. The van der Waals surface area contributed by atoms with Gasteiger partial charge in [-0.2, -0.15) is 0 Å². The van der Waals surface area contributed by atoms with Crippen LogP contribution in [0.1, 0.15) is 0 Å². The van der Waals surface area contributed by atoms with Crippen molar-refractivity contribution in [2.45, 2.75) is 0 Å². The van der Waals surface area contributed by atoms with Gasteiger partial charge in [-0.1, -0.05) is 5.16 Å². The maximum atomic E-state index is 12.8. The van der Waals surface area contributed by atoms with E-state index < -0.39 is 0 Å². The van der Waals surface area contributed by atoms with Crippen LogP contribution in [0.15, 0.2) is 47.0 Å². The molecule has 1 heterocycles. The Labute approximate surface area is 96.1 Å². The summed E-state index contributed by atoms with van der Waals surface area (Å²) >= 11 is 0. The van der Waals surface area contributed by atoms with Gasteiger partial charge in [-0.3, -0.25) is 0 Å². The number of rotatable bonds is 1. The molecule has 2 aromatic carbocycles. The zero-order valence-corrected chi connectivity index (χ0v) is 8.72. The number of aromatic hydroxyl groups is 1. The first kappa shape index (κ1) is 9.84. The number of phenolic OH excluding ortho intramolecular Hbond substituents is 1. The van der Waals surface area contributed by atoms with E-state index in [2.05, 4.69) is 5.16 Å². The lowest BCUT2D eigenvalue weighted by atomic mass is 10.1. The zero-order valence-electron chi connectivity index (χ0n) is 8.72. The van der Waals surface area contributed by atoms with E-state index >= 15 is 0 Å². The molecule has 17 heavy (non-hydrogen) atoms. The van der Waals surface area contributed by atoms with Gasteiger partial charge in [0.25, 0.3) is 0 Å². The van der Waals surface area contributed by atoms with Gasteiger partial charge in [0, 0.05) is 5.56 Å². The molecule has 0 fully saturated rings. The number of benzene rings is 2. The van der Waals surface area contributed by atoms with Crippen LogP contribution < -0.4 is 0 Å². The first-order chi connectivity index (χ1) is 8.24. The monoisotopic (exact) mass is 229 g/mol. The van der Waals surface area contributed by atoms with Gasteiger partial charge in [-0.25, -0.2) is 4.39 Å². The van der Waals surface area contributed by atoms with E-state index in [0.717, 1.165) is 5.56 Å². The molecule has 0 aliphatic carbocycles. The third-order valence-corrected chi connectivity index (χ3v) is 2.57. The molecule has 1 aromatic heterocycles. The molecule has 0 saturated heterocycles. The SMILES string of the molecule is Oc1ccc2onc(-c3ccc(F)cc3)c2c1. The molecular weight excluding hydrogens is 221 g/mol. The molecule has 0 atom stereocenters. The number of phenols is 1. The Bertz CT molecular complexity index is 673. The standard InChI is InChI=1S/C13H8FNO2/c14-9-3-1-8(2-4-9)13-11-7-10(16)5-6-12(11)17-15-13/h1-7,16H. The highest BCUT2D eigenvalue weighted by atomic mass is 19.1. The second kappa shape index (κ2) is 3.59. The number of aromatic nitrogens is 1. The predicted molar refractivity (Wildman–Crippen MR) is 61.1 cm³/mol. The van der Waals surface area contributed by atoms with Crippen LogP contribution >= 0.6 is 0 Å². The quantitative estimate of drug-likeness (QED) is 0.696. The van der Waals surface area contributed by atoms with Gasteiger partial charge in [-0.15, -0.1) is 0 Å². The maximum absolute atomic E-state index is 12.8. The van der Waals surface area contributed by atoms with Crippen LogP contribution in [0.5, 0.6) is 5.75 Å². The van der Waals surface area contributed by atoms with E-state index in [4.69, 9.17) is 4.52 Å². The van der Waals surface area contributed by atoms with Crippen molar-refractivity contribution in [1.29, 1.82) is 0 Å². The lowest BCUT2D eigenvalue weighted by Gasteiger charge is -1.96. The van der Waals surface area contributed by atoms with Crippen LogP contribution in [-0.4, -0.2) is 10.3 Å². The summed E-state index contributed by atoms with van der Waals surface area (Å²) in [5, 5.41) is 14.1. The molecule has 3 nitrogen and oxygen atoms in total. The third-order valence-electron chi connectivity index (χ3n) is 2.57. The van der Waals surface area contributed by atoms with Gasteiger partial charge in [-0.05, 0) is 42.5 Å². The fraction of sp³-hybridized carbons (Fsp3) is 0. The normalized spacial score (nSPS) is 10.9. The lowest BCUT2D eigenvalue weighted by molar-refractivity contribution is 0.457. The van der Waals surface area contributed by atoms with Crippen molar-refractivity contribution in [2.24, 2.45) is 0 Å². The number of nitrogens with zero attached hydrogens (tertiary/aromatic N) is 1. The second-order valence-electron chi connectivity index (χ2n) is 3.72. The Hall–Kier alpha value is -2.36. The fourth-order valence-corrected chi connectivity index (χ4v) is 1.74. The van der Waals surface area contributed by atoms with Gasteiger partial charge >= 0.3 is 0 Å². The first-order valence-corrected chi connectivity index (χ1v) is 5.08. The molecule has 0 unspecified atom stereocenters. The summed E-state index contributed by atoms with van der Waals surface area (Å²) in [7, 11) is 0. The highest BCUT2D eigenvalue weighted by Crippen LogP contribution is 2.30. The van der Waals surface area contributed by atoms with E-state index in [0.29, 0.717) is 16.7 Å². The van der Waals surface area contributed by atoms with Crippen LogP contribution in [0.3, 0.4) is 0 Å². The fourth-order valence-electron chi connectivity index (χ4n) is 1.74. The highest BCUT2D eigenvalue weighted by Gasteiger charge is 2.10. The van der Waals surface area contributed by atoms with Crippen molar-refractivity contribution in [2.75, 3.05) is 0 Å². The van der Waals surface area contributed by atoms with Gasteiger partial charge in [0.2, 0.25) is 0 Å². The molecule has 0 bridgehead atoms. The minimum absolute atomic E-state index is 0.143. The van der Waals surface area contributed by atoms with Crippen LogP contribution in [0.25, 0.3) is 22.2 Å². The van der Waals surface area contributed by atoms with Crippen molar-refractivity contribution in [1.82, 2.24) is 5.16 Å². The molecule has 0 aliphatic rings. The van der Waals surface area contributed by atoms with Crippen LogP contribution in [0.4, 0.5) is 4.39 Å². The Morgan fingerprint density at radius 2 is 1.82 bits per heavy atom. The van der Waals surface area contributed by atoms with Crippen molar-refractivity contribution in [3.63, 3.8) is 0 Å². The number of hydrogen-bond donors (Lipinski definition) is 1. The van der Waals surface area contributed by atoms with E-state index in [1.54, 1.807) is 24.3 Å². The smallest absolute Gasteiger partial charge is 0.167 e. The summed E-state index contributed by atoms with van der Waals surface area (Å²) in [5.74, 6) is -0.159. The number of fused-ring (bicyclic) bond motifs is 1.